The van der Waals surface area contributed by atoms with Crippen molar-refractivity contribution in [2.75, 3.05) is 17.2 Å². The number of amides is 2. The van der Waals surface area contributed by atoms with Gasteiger partial charge in [-0.25, -0.2) is 0 Å². The van der Waals surface area contributed by atoms with Gasteiger partial charge in [0, 0.05) is 28.8 Å². The second-order valence-corrected chi connectivity index (χ2v) is 10.2. The fraction of sp³-hybridized carbons (Fsp3) is 0.417. The third kappa shape index (κ3) is 3.05. The second-order valence-electron chi connectivity index (χ2n) is 8.51. The Bertz CT molecular complexity index is 1020. The first kappa shape index (κ1) is 20.0. The molecule has 2 aromatic rings. The number of halogens is 1. The highest BCUT2D eigenvalue weighted by atomic mass is 35.5. The lowest BCUT2D eigenvalue weighted by Gasteiger charge is -2.35. The van der Waals surface area contributed by atoms with Crippen LogP contribution in [0.25, 0.3) is 0 Å². The fourth-order valence-electron chi connectivity index (χ4n) is 5.15. The van der Waals surface area contributed by atoms with Crippen molar-refractivity contribution in [2.45, 2.75) is 44.0 Å². The summed E-state index contributed by atoms with van der Waals surface area (Å²) in [5.41, 5.74) is 3.97. The van der Waals surface area contributed by atoms with Crippen molar-refractivity contribution in [2.24, 2.45) is 5.92 Å². The molecule has 3 aliphatic rings. The number of anilines is 1. The van der Waals surface area contributed by atoms with Crippen LogP contribution >= 0.6 is 23.4 Å². The molecule has 5 rings (SSSR count). The molecular weight excluding hydrogens is 416 g/mol. The molecule has 0 N–H and O–H groups in total. The van der Waals surface area contributed by atoms with Crippen LogP contribution in [0.5, 0.6) is 0 Å². The zero-order chi connectivity index (χ0) is 20.9. The third-order valence-corrected chi connectivity index (χ3v) is 8.20. The van der Waals surface area contributed by atoms with Crippen LogP contribution < -0.4 is 4.90 Å². The van der Waals surface area contributed by atoms with E-state index in [1.807, 2.05) is 40.1 Å². The first-order valence-corrected chi connectivity index (χ1v) is 12.0. The molecule has 0 radical (unpaired) electrons. The van der Waals surface area contributed by atoms with Gasteiger partial charge in [-0.3, -0.25) is 9.59 Å². The predicted molar refractivity (Wildman–Crippen MR) is 122 cm³/mol. The van der Waals surface area contributed by atoms with E-state index in [-0.39, 0.29) is 17.7 Å². The van der Waals surface area contributed by atoms with Crippen LogP contribution in [0.4, 0.5) is 5.69 Å². The molecule has 0 aromatic heterocycles. The van der Waals surface area contributed by atoms with Gasteiger partial charge in [0.1, 0.15) is 0 Å². The minimum absolute atomic E-state index is 0.0184. The van der Waals surface area contributed by atoms with Gasteiger partial charge in [0.15, 0.2) is 4.87 Å². The van der Waals surface area contributed by atoms with E-state index in [0.717, 1.165) is 48.3 Å². The molecule has 156 valence electrons. The zero-order valence-corrected chi connectivity index (χ0v) is 18.6. The number of hydrogen-bond donors (Lipinski definition) is 0. The minimum atomic E-state index is -0.982. The summed E-state index contributed by atoms with van der Waals surface area (Å²) in [4.78, 5) is 30.2. The lowest BCUT2D eigenvalue weighted by Crippen LogP contribution is -2.51. The normalized spacial score (nSPS) is 23.6. The fourth-order valence-corrected chi connectivity index (χ4v) is 6.78. The van der Waals surface area contributed by atoms with Gasteiger partial charge in [-0.1, -0.05) is 54.3 Å². The molecule has 30 heavy (non-hydrogen) atoms. The highest BCUT2D eigenvalue weighted by Crippen LogP contribution is 2.55. The first-order chi connectivity index (χ1) is 14.5. The first-order valence-electron chi connectivity index (χ1n) is 10.6. The average Bonchev–Trinajstić information content (AvgIpc) is 3.45. The Balaban J connectivity index is 1.57. The van der Waals surface area contributed by atoms with Crippen molar-refractivity contribution < 1.29 is 9.59 Å². The standard InChI is InChI=1S/C24H25ClN2O2S/c1-16-5-4-6-17(13-16)15-26-21-10-9-19(25)14-20(21)24(23(26)29)27(11-12-30-24)22(28)18-7-2-3-8-18/h4-6,9-10,13-14,18H,2-3,7-8,11-12,15H2,1H3/t24-/m0/s1. The number of hydrogen-bond acceptors (Lipinski definition) is 3. The molecule has 2 amide bonds. The Morgan fingerprint density at radius 3 is 2.77 bits per heavy atom. The van der Waals surface area contributed by atoms with Crippen LogP contribution in [0.2, 0.25) is 5.02 Å². The summed E-state index contributed by atoms with van der Waals surface area (Å²) in [6.45, 7) is 3.15. The summed E-state index contributed by atoms with van der Waals surface area (Å²) in [7, 11) is 0. The molecule has 2 heterocycles. The summed E-state index contributed by atoms with van der Waals surface area (Å²) in [6.07, 6.45) is 4.06. The lowest BCUT2D eigenvalue weighted by molar-refractivity contribution is -0.143. The third-order valence-electron chi connectivity index (χ3n) is 6.55. The van der Waals surface area contributed by atoms with Crippen LogP contribution in [0.1, 0.15) is 42.4 Å². The minimum Gasteiger partial charge on any atom is -0.315 e. The Kier molecular flexibility index (Phi) is 5.06. The highest BCUT2D eigenvalue weighted by Gasteiger charge is 2.60. The molecule has 1 saturated heterocycles. The predicted octanol–water partition coefficient (Wildman–Crippen LogP) is 5.11. The van der Waals surface area contributed by atoms with Crippen LogP contribution in [-0.2, 0) is 21.0 Å². The molecule has 2 aliphatic heterocycles. The molecule has 4 nitrogen and oxygen atoms in total. The van der Waals surface area contributed by atoms with Crippen LogP contribution in [0.15, 0.2) is 42.5 Å². The van der Waals surface area contributed by atoms with Crippen molar-refractivity contribution in [3.63, 3.8) is 0 Å². The Morgan fingerprint density at radius 1 is 1.20 bits per heavy atom. The Morgan fingerprint density at radius 2 is 2.00 bits per heavy atom. The van der Waals surface area contributed by atoms with E-state index in [4.69, 9.17) is 11.6 Å². The Labute approximate surface area is 186 Å². The average molecular weight is 441 g/mol. The van der Waals surface area contributed by atoms with E-state index in [1.165, 1.54) is 5.56 Å². The van der Waals surface area contributed by atoms with Gasteiger partial charge in [-0.15, -0.1) is 11.8 Å². The topological polar surface area (TPSA) is 40.6 Å². The van der Waals surface area contributed by atoms with E-state index < -0.39 is 4.87 Å². The second kappa shape index (κ2) is 7.61. The summed E-state index contributed by atoms with van der Waals surface area (Å²) < 4.78 is 0. The lowest BCUT2D eigenvalue weighted by atomic mass is 10.0. The van der Waals surface area contributed by atoms with Crippen molar-refractivity contribution in [3.8, 4) is 0 Å². The van der Waals surface area contributed by atoms with Gasteiger partial charge in [0.05, 0.1) is 12.2 Å². The SMILES string of the molecule is Cc1cccc(CN2C(=O)[C@@]3(SCCN3C(=O)C3CCCC3)c3cc(Cl)ccc32)c1. The molecule has 0 unspecified atom stereocenters. The summed E-state index contributed by atoms with van der Waals surface area (Å²) in [6, 6.07) is 13.9. The maximum Gasteiger partial charge on any atom is 0.268 e. The van der Waals surface area contributed by atoms with Gasteiger partial charge in [0.2, 0.25) is 5.91 Å². The maximum atomic E-state index is 14.0. The number of carbonyl (C=O) groups is 2. The van der Waals surface area contributed by atoms with Gasteiger partial charge < -0.3 is 9.80 Å². The molecular formula is C24H25ClN2O2S. The van der Waals surface area contributed by atoms with Crippen molar-refractivity contribution in [1.82, 2.24) is 4.90 Å². The number of nitrogens with zero attached hydrogens (tertiary/aromatic N) is 2. The molecule has 6 heteroatoms. The molecule has 1 aliphatic carbocycles. The summed E-state index contributed by atoms with van der Waals surface area (Å²) in [5.74, 6) is 0.917. The largest absolute Gasteiger partial charge is 0.315 e. The summed E-state index contributed by atoms with van der Waals surface area (Å²) in [5, 5.41) is 0.596. The molecule has 1 atom stereocenters. The van der Waals surface area contributed by atoms with Crippen LogP contribution in [0.3, 0.4) is 0 Å². The molecule has 1 spiro atoms. The number of benzene rings is 2. The van der Waals surface area contributed by atoms with E-state index >= 15 is 0 Å². The van der Waals surface area contributed by atoms with Gasteiger partial charge in [-0.2, -0.15) is 0 Å². The quantitative estimate of drug-likeness (QED) is 0.665. The van der Waals surface area contributed by atoms with E-state index in [9.17, 15) is 9.59 Å². The number of thioether (sulfide) groups is 1. The number of carbonyl (C=O) groups excluding carboxylic acids is 2. The highest BCUT2D eigenvalue weighted by molar-refractivity contribution is 8.01. The van der Waals surface area contributed by atoms with E-state index in [1.54, 1.807) is 11.8 Å². The smallest absolute Gasteiger partial charge is 0.268 e. The van der Waals surface area contributed by atoms with Gasteiger partial charge in [0.25, 0.3) is 5.91 Å². The molecule has 2 fully saturated rings. The van der Waals surface area contributed by atoms with E-state index in [0.29, 0.717) is 18.1 Å². The number of rotatable bonds is 3. The molecule has 0 bridgehead atoms. The van der Waals surface area contributed by atoms with Crippen LogP contribution in [0, 0.1) is 12.8 Å². The van der Waals surface area contributed by atoms with Crippen LogP contribution in [-0.4, -0.2) is 29.0 Å². The maximum absolute atomic E-state index is 14.0. The van der Waals surface area contributed by atoms with Crippen molar-refractivity contribution >= 4 is 40.9 Å². The van der Waals surface area contributed by atoms with Gasteiger partial charge in [-0.05, 0) is 43.5 Å². The van der Waals surface area contributed by atoms with E-state index in [2.05, 4.69) is 19.1 Å². The number of aryl methyl sites for hydroxylation is 1. The van der Waals surface area contributed by atoms with Crippen molar-refractivity contribution in [1.29, 1.82) is 0 Å². The van der Waals surface area contributed by atoms with Crippen molar-refractivity contribution in [3.05, 3.63) is 64.2 Å². The molecule has 1 saturated carbocycles. The molecule has 2 aromatic carbocycles. The van der Waals surface area contributed by atoms with Gasteiger partial charge >= 0.3 is 0 Å². The zero-order valence-electron chi connectivity index (χ0n) is 17.1. The Hall–Kier alpha value is -1.98. The summed E-state index contributed by atoms with van der Waals surface area (Å²) >= 11 is 7.95. The number of fused-ring (bicyclic) bond motifs is 2. The monoisotopic (exact) mass is 440 g/mol.